The molecule has 2 heterocycles. The van der Waals surface area contributed by atoms with Crippen LogP contribution in [0.3, 0.4) is 0 Å². The number of rotatable bonds is 8. The molecule has 0 radical (unpaired) electrons. The number of ether oxygens (including phenoxy) is 2. The second-order valence-corrected chi connectivity index (χ2v) is 8.74. The van der Waals surface area contributed by atoms with Crippen LogP contribution in [0.5, 0.6) is 11.5 Å². The van der Waals surface area contributed by atoms with Gasteiger partial charge in [0.1, 0.15) is 5.82 Å². The minimum absolute atomic E-state index is 0.104. The van der Waals surface area contributed by atoms with Gasteiger partial charge >= 0.3 is 5.63 Å². The fraction of sp³-hybridized carbons (Fsp3) is 0.346. The first kappa shape index (κ1) is 23.4. The van der Waals surface area contributed by atoms with Crippen molar-refractivity contribution in [2.75, 3.05) is 14.2 Å². The predicted molar refractivity (Wildman–Crippen MR) is 130 cm³/mol. The number of benzene rings is 2. The van der Waals surface area contributed by atoms with Gasteiger partial charge < -0.3 is 24.2 Å². The maximum absolute atomic E-state index is 13.1. The molecule has 0 saturated carbocycles. The number of aryl methyl sites for hydroxylation is 1. The molecular formula is C26H29N3O5. The number of aromatic amines is 1. The number of nitrogens with one attached hydrogen (secondary N) is 2. The Morgan fingerprint density at radius 1 is 1.15 bits per heavy atom. The van der Waals surface area contributed by atoms with E-state index < -0.39 is 5.63 Å². The summed E-state index contributed by atoms with van der Waals surface area (Å²) in [6, 6.07) is 11.0. The minimum atomic E-state index is -0.573. The smallest absolute Gasteiger partial charge is 0.340 e. The number of imidazole rings is 1. The largest absolute Gasteiger partial charge is 0.493 e. The Morgan fingerprint density at radius 3 is 2.59 bits per heavy atom. The number of amides is 1. The molecule has 0 aliphatic heterocycles. The summed E-state index contributed by atoms with van der Waals surface area (Å²) in [6.07, 6.45) is 0.598. The van der Waals surface area contributed by atoms with Crippen LogP contribution in [-0.2, 0) is 11.2 Å². The number of hydrogen-bond donors (Lipinski definition) is 2. The number of methoxy groups -OCH3 is 2. The lowest BCUT2D eigenvalue weighted by Crippen LogP contribution is -2.33. The van der Waals surface area contributed by atoms with E-state index in [0.717, 1.165) is 11.0 Å². The molecule has 0 fully saturated rings. The minimum Gasteiger partial charge on any atom is -0.493 e. The molecule has 8 heteroatoms. The molecule has 4 rings (SSSR count). The third kappa shape index (κ3) is 4.48. The second kappa shape index (κ2) is 9.59. The molecule has 0 spiro atoms. The molecule has 2 aromatic heterocycles. The van der Waals surface area contributed by atoms with E-state index in [-0.39, 0.29) is 18.4 Å². The topological polar surface area (TPSA) is 106 Å². The van der Waals surface area contributed by atoms with Gasteiger partial charge in [0, 0.05) is 5.39 Å². The van der Waals surface area contributed by atoms with E-state index in [1.54, 1.807) is 19.1 Å². The standard InChI is InChI=1S/C26H29N3O5/c1-14(2)12-20(25-28-18-8-6-7-9-19(18)29-25)27-22(30)13-17-15(3)16-10-11-21(32-4)24(33-5)23(16)34-26(17)31/h6-11,14,20H,12-13H2,1-5H3,(H,27,30)(H,28,29)/t20-/m0/s1. The Labute approximate surface area is 197 Å². The Bertz CT molecular complexity index is 1370. The summed E-state index contributed by atoms with van der Waals surface area (Å²) in [6.45, 7) is 5.98. The molecule has 1 amide bonds. The maximum atomic E-state index is 13.1. The van der Waals surface area contributed by atoms with E-state index in [4.69, 9.17) is 13.9 Å². The van der Waals surface area contributed by atoms with Gasteiger partial charge in [0.2, 0.25) is 11.7 Å². The molecule has 1 atom stereocenters. The molecule has 178 valence electrons. The van der Waals surface area contributed by atoms with Crippen LogP contribution >= 0.6 is 0 Å². The van der Waals surface area contributed by atoms with Crippen LogP contribution in [0.2, 0.25) is 0 Å². The van der Waals surface area contributed by atoms with Gasteiger partial charge in [-0.2, -0.15) is 0 Å². The lowest BCUT2D eigenvalue weighted by molar-refractivity contribution is -0.121. The van der Waals surface area contributed by atoms with Crippen molar-refractivity contribution in [3.8, 4) is 11.5 Å². The summed E-state index contributed by atoms with van der Waals surface area (Å²) < 4.78 is 16.3. The van der Waals surface area contributed by atoms with E-state index >= 15 is 0 Å². The van der Waals surface area contributed by atoms with Gasteiger partial charge in [-0.05, 0) is 49.1 Å². The van der Waals surface area contributed by atoms with Gasteiger partial charge in [-0.15, -0.1) is 0 Å². The number of para-hydroxylation sites is 2. The van der Waals surface area contributed by atoms with Crippen molar-refractivity contribution in [3.63, 3.8) is 0 Å². The summed E-state index contributed by atoms with van der Waals surface area (Å²) in [5.41, 5.74) is 2.47. The lowest BCUT2D eigenvalue weighted by Gasteiger charge is -2.19. The van der Waals surface area contributed by atoms with Crippen LogP contribution in [0.4, 0.5) is 0 Å². The van der Waals surface area contributed by atoms with Crippen LogP contribution in [0.25, 0.3) is 22.0 Å². The van der Waals surface area contributed by atoms with E-state index in [0.29, 0.717) is 51.8 Å². The summed E-state index contributed by atoms with van der Waals surface area (Å²) in [5.74, 6) is 1.56. The number of carbonyl (C=O) groups excluding carboxylic acids is 1. The van der Waals surface area contributed by atoms with Crippen molar-refractivity contribution in [1.82, 2.24) is 15.3 Å². The molecule has 0 aliphatic rings. The van der Waals surface area contributed by atoms with Gasteiger partial charge in [-0.25, -0.2) is 9.78 Å². The summed E-state index contributed by atoms with van der Waals surface area (Å²) in [5, 5.41) is 3.75. The first-order chi connectivity index (χ1) is 16.3. The molecule has 8 nitrogen and oxygen atoms in total. The van der Waals surface area contributed by atoms with Crippen molar-refractivity contribution < 1.29 is 18.7 Å². The second-order valence-electron chi connectivity index (χ2n) is 8.74. The van der Waals surface area contributed by atoms with Crippen molar-refractivity contribution in [3.05, 3.63) is 63.8 Å². The molecule has 0 aliphatic carbocycles. The van der Waals surface area contributed by atoms with Crippen molar-refractivity contribution in [2.45, 2.75) is 39.7 Å². The monoisotopic (exact) mass is 463 g/mol. The molecule has 34 heavy (non-hydrogen) atoms. The molecule has 2 N–H and O–H groups in total. The molecule has 2 aromatic carbocycles. The Hall–Kier alpha value is -3.81. The van der Waals surface area contributed by atoms with E-state index in [1.165, 1.54) is 14.2 Å². The van der Waals surface area contributed by atoms with E-state index in [1.807, 2.05) is 24.3 Å². The zero-order valence-electron chi connectivity index (χ0n) is 20.0. The normalized spacial score (nSPS) is 12.3. The highest BCUT2D eigenvalue weighted by atomic mass is 16.5. The predicted octanol–water partition coefficient (Wildman–Crippen LogP) is 4.44. The number of fused-ring (bicyclic) bond motifs is 2. The first-order valence-electron chi connectivity index (χ1n) is 11.2. The molecule has 0 unspecified atom stereocenters. The molecule has 0 bridgehead atoms. The SMILES string of the molecule is COc1ccc2c(C)c(CC(=O)N[C@@H](CC(C)C)c3nc4ccccc4[nH]3)c(=O)oc2c1OC. The number of carbonyl (C=O) groups is 1. The third-order valence-corrected chi connectivity index (χ3v) is 5.92. The highest BCUT2D eigenvalue weighted by Crippen LogP contribution is 2.36. The summed E-state index contributed by atoms with van der Waals surface area (Å²) in [4.78, 5) is 33.9. The van der Waals surface area contributed by atoms with Gasteiger partial charge in [0.25, 0.3) is 0 Å². The van der Waals surface area contributed by atoms with Gasteiger partial charge in [-0.3, -0.25) is 4.79 Å². The average Bonchev–Trinajstić information content (AvgIpc) is 3.24. The van der Waals surface area contributed by atoms with Gasteiger partial charge in [-0.1, -0.05) is 26.0 Å². The average molecular weight is 464 g/mol. The van der Waals surface area contributed by atoms with Gasteiger partial charge in [0.15, 0.2) is 11.3 Å². The molecular weight excluding hydrogens is 434 g/mol. The zero-order chi connectivity index (χ0) is 24.4. The Balaban J connectivity index is 1.64. The highest BCUT2D eigenvalue weighted by molar-refractivity contribution is 5.90. The molecule has 4 aromatic rings. The first-order valence-corrected chi connectivity index (χ1v) is 11.2. The van der Waals surface area contributed by atoms with Crippen LogP contribution in [-0.4, -0.2) is 30.1 Å². The van der Waals surface area contributed by atoms with Crippen LogP contribution in [0.1, 0.15) is 43.3 Å². The fourth-order valence-electron chi connectivity index (χ4n) is 4.22. The maximum Gasteiger partial charge on any atom is 0.340 e. The summed E-state index contributed by atoms with van der Waals surface area (Å²) in [7, 11) is 3.00. The van der Waals surface area contributed by atoms with Crippen molar-refractivity contribution in [2.24, 2.45) is 5.92 Å². The fourth-order valence-corrected chi connectivity index (χ4v) is 4.22. The zero-order valence-corrected chi connectivity index (χ0v) is 20.0. The van der Waals surface area contributed by atoms with Crippen molar-refractivity contribution >= 4 is 27.9 Å². The number of nitrogens with zero attached hydrogens (tertiary/aromatic N) is 1. The third-order valence-electron chi connectivity index (χ3n) is 5.92. The number of hydrogen-bond acceptors (Lipinski definition) is 6. The van der Waals surface area contributed by atoms with E-state index in [2.05, 4.69) is 29.1 Å². The van der Waals surface area contributed by atoms with Gasteiger partial charge in [0.05, 0.1) is 43.3 Å². The Kier molecular flexibility index (Phi) is 6.58. The Morgan fingerprint density at radius 2 is 1.91 bits per heavy atom. The van der Waals surface area contributed by atoms with Crippen LogP contribution < -0.4 is 20.4 Å². The molecule has 0 saturated heterocycles. The van der Waals surface area contributed by atoms with Crippen LogP contribution in [0.15, 0.2) is 45.6 Å². The lowest BCUT2D eigenvalue weighted by atomic mass is 10.0. The van der Waals surface area contributed by atoms with Crippen molar-refractivity contribution in [1.29, 1.82) is 0 Å². The number of H-pyrrole nitrogens is 1. The van der Waals surface area contributed by atoms with E-state index in [9.17, 15) is 9.59 Å². The number of aromatic nitrogens is 2. The highest BCUT2D eigenvalue weighted by Gasteiger charge is 2.23. The quantitative estimate of drug-likeness (QED) is 0.374. The summed E-state index contributed by atoms with van der Waals surface area (Å²) >= 11 is 0. The van der Waals surface area contributed by atoms with Crippen LogP contribution in [0, 0.1) is 12.8 Å².